The Morgan fingerprint density at radius 3 is 1.14 bits per heavy atom. The average Bonchev–Trinajstić information content (AvgIpc) is 2.09. The van der Waals surface area contributed by atoms with E-state index in [1.54, 1.807) is 0 Å². The number of carbonyl (C=O) groups excluding carboxylic acids is 1. The third kappa shape index (κ3) is 9.81. The van der Waals surface area contributed by atoms with Gasteiger partial charge in [-0.05, 0) is 27.7 Å². The van der Waals surface area contributed by atoms with Gasteiger partial charge < -0.3 is 22.6 Å². The summed E-state index contributed by atoms with van der Waals surface area (Å²) in [5.41, 5.74) is 4.47. The molecule has 1 amide bonds. The third-order valence-electron chi connectivity index (χ3n) is 2.68. The van der Waals surface area contributed by atoms with E-state index in [-0.39, 0.29) is 18.3 Å². The maximum absolute atomic E-state index is 9.22. The number of nitrogens with two attached hydrogens (primary N) is 1. The van der Waals surface area contributed by atoms with E-state index < -0.39 is 0 Å². The predicted octanol–water partition coefficient (Wildman–Crippen LogP) is -1.62. The summed E-state index contributed by atoms with van der Waals surface area (Å²) >= 11 is 0. The van der Waals surface area contributed by atoms with Crippen LogP contribution >= 0.6 is 0 Å². The molecule has 0 saturated carbocycles. The fourth-order valence-corrected chi connectivity index (χ4v) is 1.34. The number of carbonyl (C=O) groups is 1. The van der Waals surface area contributed by atoms with Gasteiger partial charge in [0.2, 0.25) is 5.91 Å². The van der Waals surface area contributed by atoms with E-state index >= 15 is 0 Å². The molecule has 14 heavy (non-hydrogen) atoms. The molecule has 0 aliphatic rings. The van der Waals surface area contributed by atoms with Crippen LogP contribution in [0.15, 0.2) is 0 Å². The molecular weight excluding hydrogens is 200 g/mol. The van der Waals surface area contributed by atoms with Crippen molar-refractivity contribution in [3.63, 3.8) is 0 Å². The minimum absolute atomic E-state index is 0. The lowest BCUT2D eigenvalue weighted by molar-refractivity contribution is -0.921. The van der Waals surface area contributed by atoms with Gasteiger partial charge in [-0.3, -0.25) is 4.79 Å². The van der Waals surface area contributed by atoms with Crippen molar-refractivity contribution >= 4 is 5.91 Å². The van der Waals surface area contributed by atoms with Crippen LogP contribution in [0.3, 0.4) is 0 Å². The lowest BCUT2D eigenvalue weighted by atomic mass is 10.3. The van der Waals surface area contributed by atoms with Crippen molar-refractivity contribution in [2.75, 3.05) is 26.2 Å². The van der Waals surface area contributed by atoms with Gasteiger partial charge in [-0.1, -0.05) is 0 Å². The number of rotatable bonds is 4. The second-order valence-electron chi connectivity index (χ2n) is 3.22. The van der Waals surface area contributed by atoms with E-state index in [4.69, 9.17) is 0 Å². The molecule has 4 heteroatoms. The highest BCUT2D eigenvalue weighted by molar-refractivity contribution is 5.70. The van der Waals surface area contributed by atoms with Crippen LogP contribution in [0, 0.1) is 0 Å². The fourth-order valence-electron chi connectivity index (χ4n) is 1.34. The zero-order valence-corrected chi connectivity index (χ0v) is 10.9. The van der Waals surface area contributed by atoms with Gasteiger partial charge in [-0.15, -0.1) is 0 Å². The van der Waals surface area contributed by atoms with Crippen LogP contribution in [0.25, 0.3) is 0 Å². The molecule has 0 spiro atoms. The molecule has 3 nitrogen and oxygen atoms in total. The highest BCUT2D eigenvalue weighted by Gasteiger charge is 2.16. The molecule has 0 unspecified atom stereocenters. The number of nitrogens with zero attached hydrogens (tertiary/aromatic N) is 1. The minimum atomic E-state index is -0.333. The van der Waals surface area contributed by atoms with Gasteiger partial charge >= 0.3 is 0 Å². The molecule has 0 saturated heterocycles. The summed E-state index contributed by atoms with van der Waals surface area (Å²) in [6.45, 7) is 15.5. The Kier molecular flexibility index (Phi) is 14.9. The van der Waals surface area contributed by atoms with Gasteiger partial charge in [-0.25, -0.2) is 0 Å². The van der Waals surface area contributed by atoms with Gasteiger partial charge in [0.15, 0.2) is 0 Å². The molecule has 0 aromatic heterocycles. The number of hydrogen-bond acceptors (Lipinski definition) is 1. The summed E-state index contributed by atoms with van der Waals surface area (Å²) in [6, 6.07) is 0. The van der Waals surface area contributed by atoms with Crippen molar-refractivity contribution in [3.05, 3.63) is 0 Å². The van der Waals surface area contributed by atoms with E-state index in [1.807, 2.05) is 0 Å². The molecule has 88 valence electrons. The molecular formula is C10H25ClN2O. The van der Waals surface area contributed by atoms with E-state index in [0.29, 0.717) is 0 Å². The molecule has 0 aliphatic heterocycles. The number of quaternary nitrogens is 1. The fraction of sp³-hybridized carbons (Fsp3) is 0.900. The SMILES string of the molecule is CC(N)=O.CC[N+](CC)(CC)CC.[Cl-]. The summed E-state index contributed by atoms with van der Waals surface area (Å²) in [7, 11) is 0. The minimum Gasteiger partial charge on any atom is -1.00 e. The average molecular weight is 225 g/mol. The van der Waals surface area contributed by atoms with E-state index in [1.165, 1.54) is 37.6 Å². The molecule has 0 atom stereocenters. The van der Waals surface area contributed by atoms with E-state index in [2.05, 4.69) is 33.4 Å². The highest BCUT2D eigenvalue weighted by Crippen LogP contribution is 2.03. The van der Waals surface area contributed by atoms with Crippen molar-refractivity contribution in [2.45, 2.75) is 34.6 Å². The molecule has 0 rings (SSSR count). The van der Waals surface area contributed by atoms with Crippen LogP contribution < -0.4 is 18.1 Å². The lowest BCUT2D eigenvalue weighted by Crippen LogP contribution is -3.00. The summed E-state index contributed by atoms with van der Waals surface area (Å²) in [4.78, 5) is 9.22. The molecule has 0 aliphatic carbocycles. The maximum Gasteiger partial charge on any atom is 0.214 e. The second-order valence-corrected chi connectivity index (χ2v) is 3.22. The van der Waals surface area contributed by atoms with Crippen LogP contribution in [0.5, 0.6) is 0 Å². The van der Waals surface area contributed by atoms with Gasteiger partial charge in [0, 0.05) is 6.92 Å². The first-order valence-corrected chi connectivity index (χ1v) is 5.09. The number of amides is 1. The van der Waals surface area contributed by atoms with Crippen molar-refractivity contribution in [1.82, 2.24) is 0 Å². The van der Waals surface area contributed by atoms with E-state index in [9.17, 15) is 4.79 Å². The Morgan fingerprint density at radius 1 is 1.00 bits per heavy atom. The van der Waals surface area contributed by atoms with Gasteiger partial charge in [-0.2, -0.15) is 0 Å². The van der Waals surface area contributed by atoms with Crippen molar-refractivity contribution in [3.8, 4) is 0 Å². The molecule has 0 heterocycles. The molecule has 0 radical (unpaired) electrons. The van der Waals surface area contributed by atoms with Crippen molar-refractivity contribution < 1.29 is 21.7 Å². The summed E-state index contributed by atoms with van der Waals surface area (Å²) in [5.74, 6) is -0.333. The van der Waals surface area contributed by atoms with Gasteiger partial charge in [0.05, 0.1) is 26.2 Å². The first-order chi connectivity index (χ1) is 5.97. The zero-order valence-electron chi connectivity index (χ0n) is 10.1. The number of hydrogen-bond donors (Lipinski definition) is 1. The third-order valence-corrected chi connectivity index (χ3v) is 2.68. The predicted molar refractivity (Wildman–Crippen MR) is 57.3 cm³/mol. The number of halogens is 1. The molecule has 0 fully saturated rings. The highest BCUT2D eigenvalue weighted by atomic mass is 35.5. The quantitative estimate of drug-likeness (QED) is 0.574. The number of primary amides is 1. The van der Waals surface area contributed by atoms with Crippen molar-refractivity contribution in [1.29, 1.82) is 0 Å². The Labute approximate surface area is 94.7 Å². The second kappa shape index (κ2) is 10.8. The van der Waals surface area contributed by atoms with Crippen molar-refractivity contribution in [2.24, 2.45) is 5.73 Å². The Bertz CT molecular complexity index is 115. The van der Waals surface area contributed by atoms with Crippen LogP contribution in [0.4, 0.5) is 0 Å². The van der Waals surface area contributed by atoms with Crippen LogP contribution in [0.2, 0.25) is 0 Å². The summed E-state index contributed by atoms with van der Waals surface area (Å²) in [5, 5.41) is 0. The Balaban J connectivity index is -0.000000209. The first-order valence-electron chi connectivity index (χ1n) is 5.09. The zero-order chi connectivity index (χ0) is 10.9. The van der Waals surface area contributed by atoms with Gasteiger partial charge in [0.25, 0.3) is 0 Å². The molecule has 0 aromatic carbocycles. The van der Waals surface area contributed by atoms with Crippen LogP contribution in [-0.2, 0) is 4.79 Å². The topological polar surface area (TPSA) is 43.1 Å². The maximum atomic E-state index is 9.22. The smallest absolute Gasteiger partial charge is 0.214 e. The standard InChI is InChI=1S/C8H20N.C2H5NO.ClH/c1-5-9(6-2,7-3)8-4;1-2(3)4;/h5-8H2,1-4H3;1H3,(H2,3,4);1H/q+1;;/p-1. The van der Waals surface area contributed by atoms with E-state index in [0.717, 1.165) is 0 Å². The van der Waals surface area contributed by atoms with Crippen LogP contribution in [-0.4, -0.2) is 36.6 Å². The van der Waals surface area contributed by atoms with Gasteiger partial charge in [0.1, 0.15) is 0 Å². The summed E-state index contributed by atoms with van der Waals surface area (Å²) in [6.07, 6.45) is 0. The Hall–Kier alpha value is -0.280. The monoisotopic (exact) mass is 224 g/mol. The van der Waals surface area contributed by atoms with Crippen LogP contribution in [0.1, 0.15) is 34.6 Å². The Morgan fingerprint density at radius 2 is 1.14 bits per heavy atom. The molecule has 0 aromatic rings. The normalized spacial score (nSPS) is 9.50. The first kappa shape index (κ1) is 19.3. The molecule has 2 N–H and O–H groups in total. The lowest BCUT2D eigenvalue weighted by Gasteiger charge is -2.34. The summed E-state index contributed by atoms with van der Waals surface area (Å²) < 4.78 is 1.28. The molecule has 0 bridgehead atoms. The largest absolute Gasteiger partial charge is 1.00 e.